The fourth-order valence-corrected chi connectivity index (χ4v) is 5.61. The molecule has 0 unspecified atom stereocenters. The molecule has 0 aliphatic rings. The Hall–Kier alpha value is -2.14. The molecule has 0 radical (unpaired) electrons. The van der Waals surface area contributed by atoms with Gasteiger partial charge in [-0.25, -0.2) is 0 Å². The van der Waals surface area contributed by atoms with Crippen molar-refractivity contribution in [3.8, 4) is 0 Å². The predicted octanol–water partition coefficient (Wildman–Crippen LogP) is 11.9. The molecule has 0 rings (SSSR count). The lowest BCUT2D eigenvalue weighted by molar-refractivity contribution is -0.146. The maximum absolute atomic E-state index is 13.0. The average molecular weight is 671 g/mol. The summed E-state index contributed by atoms with van der Waals surface area (Å²) in [4.78, 5) is 29.4. The summed E-state index contributed by atoms with van der Waals surface area (Å²) in [7, 11) is 4.12. The third kappa shape index (κ3) is 35.2. The van der Waals surface area contributed by atoms with E-state index in [0.717, 1.165) is 70.9 Å². The zero-order valence-corrected chi connectivity index (χ0v) is 32.2. The number of allylic oxidation sites excluding steroid dienone is 8. The van der Waals surface area contributed by atoms with Gasteiger partial charge in [-0.15, -0.1) is 0 Å². The molecular formula is C43H78N2O3. The van der Waals surface area contributed by atoms with Crippen molar-refractivity contribution in [1.29, 1.82) is 0 Å². The van der Waals surface area contributed by atoms with Crippen molar-refractivity contribution in [3.63, 3.8) is 0 Å². The van der Waals surface area contributed by atoms with Crippen molar-refractivity contribution in [3.05, 3.63) is 48.6 Å². The maximum atomic E-state index is 13.0. The second kappa shape index (κ2) is 37.7. The zero-order valence-electron chi connectivity index (χ0n) is 32.2. The van der Waals surface area contributed by atoms with Crippen LogP contribution in [0.4, 0.5) is 0 Å². The van der Waals surface area contributed by atoms with Crippen molar-refractivity contribution in [2.24, 2.45) is 0 Å². The highest BCUT2D eigenvalue weighted by Crippen LogP contribution is 2.11. The van der Waals surface area contributed by atoms with Gasteiger partial charge in [-0.3, -0.25) is 9.59 Å². The average Bonchev–Trinajstić information content (AvgIpc) is 3.07. The van der Waals surface area contributed by atoms with Crippen molar-refractivity contribution in [1.82, 2.24) is 9.80 Å². The minimum Gasteiger partial charge on any atom is -0.464 e. The summed E-state index contributed by atoms with van der Waals surface area (Å²) < 4.78 is 5.53. The second-order valence-electron chi connectivity index (χ2n) is 13.7. The van der Waals surface area contributed by atoms with Gasteiger partial charge in [0.2, 0.25) is 5.91 Å². The van der Waals surface area contributed by atoms with Crippen molar-refractivity contribution < 1.29 is 14.3 Å². The molecule has 0 aromatic carbocycles. The maximum Gasteiger partial charge on any atom is 0.305 e. The highest BCUT2D eigenvalue weighted by molar-refractivity contribution is 5.76. The molecule has 0 aliphatic heterocycles. The Bertz CT molecular complexity index is 830. The Kier molecular flexibility index (Phi) is 36.0. The van der Waals surface area contributed by atoms with Gasteiger partial charge in [0.05, 0.1) is 6.54 Å². The molecule has 0 atom stereocenters. The third-order valence-electron chi connectivity index (χ3n) is 8.68. The Labute approximate surface area is 298 Å². The van der Waals surface area contributed by atoms with Crippen LogP contribution in [0.15, 0.2) is 48.6 Å². The molecule has 0 bridgehead atoms. The molecular weight excluding hydrogens is 592 g/mol. The van der Waals surface area contributed by atoms with Gasteiger partial charge in [-0.1, -0.05) is 127 Å². The summed E-state index contributed by atoms with van der Waals surface area (Å²) in [6.45, 7) is 6.96. The van der Waals surface area contributed by atoms with E-state index < -0.39 is 0 Å². The fraction of sp³-hybridized carbons (Fsp3) is 0.767. The number of unbranched alkanes of at least 4 members (excludes halogenated alkanes) is 16. The molecule has 0 aromatic rings. The summed E-state index contributed by atoms with van der Waals surface area (Å²) in [6, 6.07) is 0. The molecule has 0 fully saturated rings. The number of nitrogens with zero attached hydrogens (tertiary/aromatic N) is 2. The van der Waals surface area contributed by atoms with Crippen LogP contribution in [0.5, 0.6) is 0 Å². The molecule has 0 saturated heterocycles. The standard InChI is InChI=1S/C43H78N2O3/c1-5-7-9-11-13-15-17-19-21-23-25-27-29-31-33-36-42(46)45(39-35-38-44(3)4)40-41-48-43(47)37-34-32-30-28-26-24-22-20-18-16-14-12-10-8-6-2/h13-16,19-22H,5-12,17-18,23-41H2,1-4H3/b15-13-,16-14-,21-19-,22-20-. The molecule has 0 saturated carbocycles. The number of carbonyl (C=O) groups excluding carboxylic acids is 2. The van der Waals surface area contributed by atoms with E-state index in [0.29, 0.717) is 26.0 Å². The van der Waals surface area contributed by atoms with Gasteiger partial charge < -0.3 is 14.5 Å². The molecule has 0 aliphatic carbocycles. The number of hydrogen-bond donors (Lipinski definition) is 0. The van der Waals surface area contributed by atoms with Crippen LogP contribution < -0.4 is 0 Å². The molecule has 0 N–H and O–H groups in total. The highest BCUT2D eigenvalue weighted by atomic mass is 16.5. The number of hydrogen-bond acceptors (Lipinski definition) is 4. The molecule has 5 nitrogen and oxygen atoms in total. The first-order valence-electron chi connectivity index (χ1n) is 20.2. The molecule has 0 spiro atoms. The van der Waals surface area contributed by atoms with E-state index >= 15 is 0 Å². The van der Waals surface area contributed by atoms with Crippen LogP contribution >= 0.6 is 0 Å². The quantitative estimate of drug-likeness (QED) is 0.0382. The Morgan fingerprint density at radius 3 is 1.40 bits per heavy atom. The molecule has 0 heterocycles. The van der Waals surface area contributed by atoms with E-state index in [9.17, 15) is 9.59 Å². The van der Waals surface area contributed by atoms with E-state index in [-0.39, 0.29) is 11.9 Å². The monoisotopic (exact) mass is 671 g/mol. The first-order chi connectivity index (χ1) is 23.5. The number of esters is 1. The minimum absolute atomic E-state index is 0.130. The molecule has 0 aromatic heterocycles. The summed E-state index contributed by atoms with van der Waals surface area (Å²) in [5, 5.41) is 0. The summed E-state index contributed by atoms with van der Waals surface area (Å²) >= 11 is 0. The van der Waals surface area contributed by atoms with E-state index in [2.05, 4.69) is 81.5 Å². The van der Waals surface area contributed by atoms with E-state index in [1.807, 2.05) is 4.90 Å². The highest BCUT2D eigenvalue weighted by Gasteiger charge is 2.14. The number of amides is 1. The van der Waals surface area contributed by atoms with Crippen LogP contribution in [0.25, 0.3) is 0 Å². The van der Waals surface area contributed by atoms with Gasteiger partial charge in [0.25, 0.3) is 0 Å². The molecule has 5 heteroatoms. The number of carbonyl (C=O) groups is 2. The van der Waals surface area contributed by atoms with E-state index in [1.165, 1.54) is 89.9 Å². The van der Waals surface area contributed by atoms with E-state index in [1.54, 1.807) is 0 Å². The summed E-state index contributed by atoms with van der Waals surface area (Å²) in [5.41, 5.74) is 0. The Morgan fingerprint density at radius 1 is 0.479 bits per heavy atom. The summed E-state index contributed by atoms with van der Waals surface area (Å²) in [6.07, 6.45) is 46.3. The second-order valence-corrected chi connectivity index (χ2v) is 13.7. The topological polar surface area (TPSA) is 49.9 Å². The van der Waals surface area contributed by atoms with Crippen molar-refractivity contribution >= 4 is 11.9 Å². The van der Waals surface area contributed by atoms with Gasteiger partial charge in [0, 0.05) is 19.4 Å². The smallest absolute Gasteiger partial charge is 0.305 e. The number of ether oxygens (including phenoxy) is 1. The molecule has 48 heavy (non-hydrogen) atoms. The largest absolute Gasteiger partial charge is 0.464 e. The van der Waals surface area contributed by atoms with Crippen LogP contribution in [-0.2, 0) is 14.3 Å². The zero-order chi connectivity index (χ0) is 35.2. The third-order valence-corrected chi connectivity index (χ3v) is 8.68. The van der Waals surface area contributed by atoms with Crippen LogP contribution in [0, 0.1) is 0 Å². The van der Waals surface area contributed by atoms with Crippen molar-refractivity contribution in [2.75, 3.05) is 40.3 Å². The van der Waals surface area contributed by atoms with Crippen LogP contribution in [0.2, 0.25) is 0 Å². The van der Waals surface area contributed by atoms with Gasteiger partial charge >= 0.3 is 5.97 Å². The van der Waals surface area contributed by atoms with Gasteiger partial charge in [0.15, 0.2) is 0 Å². The number of rotatable bonds is 35. The van der Waals surface area contributed by atoms with Crippen LogP contribution in [-0.4, -0.2) is 62.0 Å². The fourth-order valence-electron chi connectivity index (χ4n) is 5.61. The lowest BCUT2D eigenvalue weighted by Gasteiger charge is -2.23. The van der Waals surface area contributed by atoms with Crippen LogP contribution in [0.3, 0.4) is 0 Å². The first-order valence-corrected chi connectivity index (χ1v) is 20.2. The van der Waals surface area contributed by atoms with Crippen LogP contribution in [0.1, 0.15) is 174 Å². The van der Waals surface area contributed by atoms with Gasteiger partial charge in [0.1, 0.15) is 6.61 Å². The first kappa shape index (κ1) is 45.9. The summed E-state index contributed by atoms with van der Waals surface area (Å²) in [5.74, 6) is 0.0688. The van der Waals surface area contributed by atoms with Gasteiger partial charge in [-0.05, 0) is 104 Å². The SMILES string of the molecule is CCCCC/C=C\C/C=C\CCCCCCCC(=O)OCCN(CCCN(C)C)C(=O)CCCCCCC/C=C\C/C=C\CCCCC. The van der Waals surface area contributed by atoms with Gasteiger partial charge in [-0.2, -0.15) is 0 Å². The molecule has 1 amide bonds. The Balaban J connectivity index is 3.99. The Morgan fingerprint density at radius 2 is 0.917 bits per heavy atom. The lowest BCUT2D eigenvalue weighted by atomic mass is 10.1. The normalized spacial score (nSPS) is 12.1. The molecule has 278 valence electrons. The minimum atomic E-state index is -0.130. The van der Waals surface area contributed by atoms with Crippen molar-refractivity contribution in [2.45, 2.75) is 174 Å². The van der Waals surface area contributed by atoms with E-state index in [4.69, 9.17) is 4.74 Å². The predicted molar refractivity (Wildman–Crippen MR) is 209 cm³/mol. The lowest BCUT2D eigenvalue weighted by Crippen LogP contribution is -2.36.